The number of ketones is 3. The van der Waals surface area contributed by atoms with Crippen LogP contribution in [0.25, 0.3) is 10.2 Å². The second kappa shape index (κ2) is 29.1. The number of carbonyl (C=O) groups excluding carboxylic acids is 6. The van der Waals surface area contributed by atoms with E-state index in [1.165, 1.54) is 23.1 Å². The molecule has 8 rings (SSSR count). The lowest BCUT2D eigenvalue weighted by Crippen LogP contribution is -2.41. The van der Waals surface area contributed by atoms with Gasteiger partial charge in [0.2, 0.25) is 11.8 Å². The van der Waals surface area contributed by atoms with E-state index in [0.29, 0.717) is 125 Å². The molecule has 4 aliphatic carbocycles. The van der Waals surface area contributed by atoms with E-state index in [2.05, 4.69) is 41.4 Å². The number of rotatable bonds is 28. The van der Waals surface area contributed by atoms with E-state index in [1.807, 2.05) is 0 Å². The number of unbranched alkanes of at least 4 members (excludes halogenated alkanes) is 3. The molecule has 0 radical (unpaired) electrons. The molecule has 2 aliphatic heterocycles. The molecular weight excluding hydrogens is 1150 g/mol. The van der Waals surface area contributed by atoms with Gasteiger partial charge in [0, 0.05) is 85.0 Å². The maximum atomic E-state index is 13.9. The molecule has 1 aromatic heterocycles. The number of likely N-dealkylation sites (N-methyl/N-ethyl adjacent to an activating group) is 1. The number of nitrogens with one attached hydrogen (secondary N) is 2. The fourth-order valence-corrected chi connectivity index (χ4v) is 17.1. The number of Topliss-reactive ketones (excluding diaryl/α,β-unsaturated/α-hetero) is 3. The number of carboxylic acid groups (broad SMARTS) is 2. The highest BCUT2D eigenvalue weighted by Gasteiger charge is 2.69. The average molecular weight is 1240 g/mol. The van der Waals surface area contributed by atoms with Gasteiger partial charge in [-0.3, -0.25) is 33.9 Å². The Kier molecular flexibility index (Phi) is 22.6. The Balaban J connectivity index is 0.763. The van der Waals surface area contributed by atoms with Crippen LogP contribution in [0.2, 0.25) is 0 Å². The summed E-state index contributed by atoms with van der Waals surface area (Å²) in [6, 6.07) is 3.22. The van der Waals surface area contributed by atoms with E-state index < -0.39 is 35.5 Å². The van der Waals surface area contributed by atoms with Crippen molar-refractivity contribution in [2.24, 2.45) is 45.4 Å². The van der Waals surface area contributed by atoms with Crippen molar-refractivity contribution in [3.05, 3.63) is 45.5 Å². The number of amides is 3. The number of hydrogen-bond acceptors (Lipinski definition) is 16. The van der Waals surface area contributed by atoms with Gasteiger partial charge >= 0.3 is 18.0 Å². The Bertz CT molecular complexity index is 3030. The maximum Gasteiger partial charge on any atom is 0.415 e. The van der Waals surface area contributed by atoms with Gasteiger partial charge in [-0.05, 0) is 165 Å². The molecule has 2 unspecified atom stereocenters. The second-order valence-corrected chi connectivity index (χ2v) is 29.1. The van der Waals surface area contributed by atoms with Crippen molar-refractivity contribution in [1.29, 1.82) is 0 Å². The molecule has 87 heavy (non-hydrogen) atoms. The van der Waals surface area contributed by atoms with Gasteiger partial charge in [-0.15, -0.1) is 23.1 Å². The number of nitrogens with zero attached hydrogens (tertiary/aromatic N) is 4. The number of thiazole rings is 1. The van der Waals surface area contributed by atoms with Gasteiger partial charge in [-0.2, -0.15) is 0 Å². The van der Waals surface area contributed by atoms with Gasteiger partial charge in [0.25, 0.3) is 0 Å². The van der Waals surface area contributed by atoms with Crippen LogP contribution in [-0.2, 0) is 38.3 Å². The van der Waals surface area contributed by atoms with Gasteiger partial charge in [0.05, 0.1) is 29.0 Å². The molecule has 1 spiro atoms. The Morgan fingerprint density at radius 2 is 1.62 bits per heavy atom. The summed E-state index contributed by atoms with van der Waals surface area (Å²) < 4.78 is 13.5. The summed E-state index contributed by atoms with van der Waals surface area (Å²) in [4.78, 5) is 116. The van der Waals surface area contributed by atoms with E-state index in [4.69, 9.17) is 9.47 Å². The molecule has 0 bridgehead atoms. The Labute approximate surface area is 521 Å². The first-order chi connectivity index (χ1) is 41.2. The van der Waals surface area contributed by atoms with Crippen LogP contribution in [0.5, 0.6) is 5.75 Å². The number of ether oxygens (including phenoxy) is 2. The Hall–Kier alpha value is -5.35. The van der Waals surface area contributed by atoms with Gasteiger partial charge in [0.1, 0.15) is 33.2 Å². The summed E-state index contributed by atoms with van der Waals surface area (Å²) in [6.45, 7) is 16.8. The van der Waals surface area contributed by atoms with Crippen LogP contribution in [0, 0.1) is 40.4 Å². The predicted octanol–water partition coefficient (Wildman–Crippen LogP) is 10.1. The Morgan fingerprint density at radius 3 is 2.36 bits per heavy atom. The maximum absolute atomic E-state index is 13.9. The molecule has 21 heteroatoms. The normalized spacial score (nSPS) is 27.3. The summed E-state index contributed by atoms with van der Waals surface area (Å²) >= 11 is 2.65. The topological polar surface area (TPSA) is 275 Å². The number of aliphatic hydroxyl groups excluding tert-OH is 1. The van der Waals surface area contributed by atoms with Crippen LogP contribution in [0.3, 0.4) is 0 Å². The molecule has 478 valence electrons. The number of allylic oxidation sites excluding steroid dienone is 4. The van der Waals surface area contributed by atoms with Crippen LogP contribution in [0.15, 0.2) is 45.5 Å². The van der Waals surface area contributed by atoms with E-state index in [9.17, 15) is 53.7 Å². The molecule has 1 saturated heterocycles. The highest BCUT2D eigenvalue weighted by atomic mass is 32.2. The molecule has 11 atom stereocenters. The molecule has 6 aliphatic rings. The summed E-state index contributed by atoms with van der Waals surface area (Å²) in [5, 5.41) is 36.8. The van der Waals surface area contributed by atoms with Crippen molar-refractivity contribution < 1.29 is 63.1 Å². The predicted molar refractivity (Wildman–Crippen MR) is 336 cm³/mol. The number of aliphatic imine (C=N–C) groups is 1. The van der Waals surface area contributed by atoms with Crippen molar-refractivity contribution in [1.82, 2.24) is 25.4 Å². The van der Waals surface area contributed by atoms with Gasteiger partial charge < -0.3 is 40.3 Å². The number of aliphatic carboxylic acids is 2. The first-order valence-electron chi connectivity index (χ1n) is 31.9. The fourth-order valence-electron chi connectivity index (χ4n) is 15.0. The molecule has 1 aromatic carbocycles. The Morgan fingerprint density at radius 1 is 0.874 bits per heavy atom. The number of fused-ring (bicyclic) bond motifs is 2. The van der Waals surface area contributed by atoms with Crippen LogP contribution >= 0.6 is 23.1 Å². The van der Waals surface area contributed by atoms with Crippen LogP contribution in [0.4, 0.5) is 4.79 Å². The van der Waals surface area contributed by atoms with Crippen LogP contribution < -0.4 is 15.4 Å². The molecule has 3 amide bonds. The quantitative estimate of drug-likeness (QED) is 0.0301. The first kappa shape index (κ1) is 67.6. The SMILES string of the molecule is CC1=C(C)C(=O)C(C(C)(C)CC(=O)CN(C)CCN(CCCCCC(=O)NCCCCC(NC(=O)CC[C@@H](C)[C@H]2CC[C@H]3[C@@H](C)CC[C@@H]4C[C@H](O)CC[C@]4(C)CC[C@@H]4O[C@@]423)C(=O)O)C(=O)Oc2ccc3nc(C4=NC(C(=O)O)CS4)sc3c2)=C(C)C1=O. The third-order valence-electron chi connectivity index (χ3n) is 20.3. The highest BCUT2D eigenvalue weighted by molar-refractivity contribution is 8.15. The molecular formula is C66H94N6O13S2. The zero-order valence-corrected chi connectivity index (χ0v) is 54.3. The molecule has 5 N–H and O–H groups in total. The van der Waals surface area contributed by atoms with E-state index in [-0.39, 0.29) is 103 Å². The lowest BCUT2D eigenvalue weighted by atomic mass is 9.60. The summed E-state index contributed by atoms with van der Waals surface area (Å²) in [5.74, 6) is -0.227. The number of carbonyl (C=O) groups is 8. The molecule has 19 nitrogen and oxygen atoms in total. The van der Waals surface area contributed by atoms with Crippen LogP contribution in [-0.4, -0.2) is 158 Å². The third kappa shape index (κ3) is 16.4. The molecule has 2 aromatic rings. The van der Waals surface area contributed by atoms with E-state index in [1.54, 1.807) is 69.7 Å². The largest absolute Gasteiger partial charge is 0.480 e. The minimum absolute atomic E-state index is 0.0288. The monoisotopic (exact) mass is 1240 g/mol. The second-order valence-electron chi connectivity index (χ2n) is 27.1. The smallest absolute Gasteiger partial charge is 0.415 e. The molecule has 3 heterocycles. The first-order valence-corrected chi connectivity index (χ1v) is 33.7. The van der Waals surface area contributed by atoms with E-state index >= 15 is 0 Å². The highest BCUT2D eigenvalue weighted by Crippen LogP contribution is 2.65. The number of carboxylic acids is 2. The van der Waals surface area contributed by atoms with Crippen molar-refractivity contribution in [2.45, 2.75) is 207 Å². The summed E-state index contributed by atoms with van der Waals surface area (Å²) in [7, 11) is 1.77. The third-order valence-corrected chi connectivity index (χ3v) is 22.5. The lowest BCUT2D eigenvalue weighted by molar-refractivity contribution is -0.142. The van der Waals surface area contributed by atoms with Gasteiger partial charge in [0.15, 0.2) is 17.6 Å². The molecule has 3 saturated carbocycles. The van der Waals surface area contributed by atoms with Crippen molar-refractivity contribution >= 4 is 85.6 Å². The number of benzene rings is 1. The number of thioether (sulfide) groups is 1. The standard InChI is InChI=1S/C66H94N6O13S2/c1-38-17-19-43-33-44(73)25-27-65(43,8)28-26-53-66(85-53)47(38)21-22-48(66)39(2)18-24-55(76)68-50(61(79)80)15-12-13-29-67-54(75)16-11-10-14-30-72(32-31-71(9)36-45(74)35-64(6,7)56-42(5)57(77)40(3)41(4)58(56)78)63(83)84-46-20-23-49-52(34-46)87-60(69-49)59-70-51(37-86-59)62(81)82/h20,23,34,38-39,43-44,47-48,50-51,53,73H,10-19,21-22,24-33,35-37H2,1-9H3,(H,67,75)(H,68,76)(H,79,80)(H,81,82)/t38-,39+,43+,44+,47-,48+,50?,51?,53-,65+,66+/m0/s1. The number of aliphatic hydroxyl groups is 1. The van der Waals surface area contributed by atoms with E-state index in [0.717, 1.165) is 62.5 Å². The van der Waals surface area contributed by atoms with Crippen molar-refractivity contribution in [3.8, 4) is 5.75 Å². The number of epoxide rings is 1. The van der Waals surface area contributed by atoms with Crippen molar-refractivity contribution in [3.63, 3.8) is 0 Å². The minimum Gasteiger partial charge on any atom is -0.480 e. The number of hydrogen-bond donors (Lipinski definition) is 5. The average Bonchev–Trinajstić information content (AvgIpc) is 1.54. The minimum atomic E-state index is -1.08. The van der Waals surface area contributed by atoms with Gasteiger partial charge in [-0.25, -0.2) is 19.4 Å². The molecule has 4 fully saturated rings. The summed E-state index contributed by atoms with van der Waals surface area (Å²) in [6.07, 6.45) is 13.2. The lowest BCUT2D eigenvalue weighted by Gasteiger charge is -2.45. The van der Waals surface area contributed by atoms with Crippen molar-refractivity contribution in [2.75, 3.05) is 45.5 Å². The fraction of sp³-hybridized carbons (Fsp3) is 0.697. The van der Waals surface area contributed by atoms with Gasteiger partial charge in [-0.1, -0.05) is 47.5 Å². The zero-order valence-electron chi connectivity index (χ0n) is 52.6. The van der Waals surface area contributed by atoms with Crippen LogP contribution in [0.1, 0.15) is 182 Å². The summed E-state index contributed by atoms with van der Waals surface area (Å²) in [5.41, 5.74) is 1.38. The number of aromatic nitrogens is 1. The zero-order chi connectivity index (χ0) is 63.1.